The maximum atomic E-state index is 13.4. The van der Waals surface area contributed by atoms with E-state index in [2.05, 4.69) is 165 Å². The molecule has 146 heavy (non-hydrogen) atoms. The number of allylic oxidation sites excluding steroid dienone is 7. The van der Waals surface area contributed by atoms with Crippen molar-refractivity contribution in [2.24, 2.45) is 23.7 Å². The van der Waals surface area contributed by atoms with Gasteiger partial charge in [0.05, 0.1) is 130 Å². The summed E-state index contributed by atoms with van der Waals surface area (Å²) in [5.41, 5.74) is 13.0. The fourth-order valence-corrected chi connectivity index (χ4v) is 18.1. The van der Waals surface area contributed by atoms with Crippen LogP contribution in [0.15, 0.2) is 85.9 Å². The lowest BCUT2D eigenvalue weighted by atomic mass is 9.79. The van der Waals surface area contributed by atoms with Crippen molar-refractivity contribution in [1.29, 1.82) is 15.8 Å². The van der Waals surface area contributed by atoms with Crippen LogP contribution in [0, 0.1) is 107 Å². The highest BCUT2D eigenvalue weighted by molar-refractivity contribution is 6.31. The lowest BCUT2D eigenvalue weighted by Crippen LogP contribution is -2.27. The largest absolute Gasteiger partial charge is 0.331 e. The van der Waals surface area contributed by atoms with Gasteiger partial charge < -0.3 is 37.2 Å². The van der Waals surface area contributed by atoms with Crippen molar-refractivity contribution in [3.05, 3.63) is 205 Å². The second-order valence-electron chi connectivity index (χ2n) is 37.1. The molecule has 14 heterocycles. The van der Waals surface area contributed by atoms with Crippen LogP contribution >= 0.6 is 0 Å². The van der Waals surface area contributed by atoms with Gasteiger partial charge in [0.15, 0.2) is 57.6 Å². The molecule has 7 aromatic heterocycles. The van der Waals surface area contributed by atoms with Crippen molar-refractivity contribution in [3.63, 3.8) is 0 Å². The Bertz CT molecular complexity index is 7060. The number of nitriles is 3. The Morgan fingerprint density at radius 3 is 0.767 bits per heavy atom. The van der Waals surface area contributed by atoms with Gasteiger partial charge in [-0.15, -0.1) is 97.1 Å². The minimum atomic E-state index is -2.80. The van der Waals surface area contributed by atoms with Crippen molar-refractivity contribution in [2.75, 3.05) is 0 Å². The molecule has 14 aliphatic rings. The molecule has 7 saturated carbocycles. The summed E-state index contributed by atoms with van der Waals surface area (Å²) in [6.07, 6.45) is 42.3. The molecule has 7 aromatic rings. The van der Waals surface area contributed by atoms with E-state index in [0.29, 0.717) is 150 Å². The highest BCUT2D eigenvalue weighted by Gasteiger charge is 2.59. The van der Waals surface area contributed by atoms with Crippen LogP contribution in [0.4, 0.5) is 13.2 Å². The molecule has 21 rings (SSSR count). The molecular weight excluding hydrogens is 1880 g/mol. The summed E-state index contributed by atoms with van der Waals surface area (Å²) < 4.78 is 39.9. The summed E-state index contributed by atoms with van der Waals surface area (Å²) >= 11 is 0. The van der Waals surface area contributed by atoms with E-state index in [0.717, 1.165) is 85.6 Å². The fourth-order valence-electron chi connectivity index (χ4n) is 18.1. The number of nitrogens with one attached hydrogen (secondary N) is 7. The maximum Gasteiger partial charge on any atom is 0.256 e. The predicted octanol–water partition coefficient (Wildman–Crippen LogP) is 8.55. The Balaban J connectivity index is 0.000000128. The Labute approximate surface area is 833 Å². The summed E-state index contributed by atoms with van der Waals surface area (Å²) in [7, 11) is 0. The van der Waals surface area contributed by atoms with E-state index in [1.54, 1.807) is 18.2 Å². The number of hydrogen-bond acceptors (Lipinski definition) is 31. The van der Waals surface area contributed by atoms with Crippen molar-refractivity contribution >= 4 is 121 Å². The van der Waals surface area contributed by atoms with E-state index in [1.165, 1.54) is 75.7 Å². The van der Waals surface area contributed by atoms with Crippen LogP contribution in [-0.2, 0) is 67.1 Å². The zero-order valence-corrected chi connectivity index (χ0v) is 79.1. The average Bonchev–Trinajstić information content (AvgIpc) is 1.59. The molecule has 0 saturated heterocycles. The number of carbonyl (C=O) groups excluding carboxylic acids is 14. The molecule has 38 nitrogen and oxygen atoms in total. The van der Waals surface area contributed by atoms with E-state index >= 15 is 0 Å². The van der Waals surface area contributed by atoms with Gasteiger partial charge in [0.2, 0.25) is 41.4 Å². The number of Topliss-reactive ketones (excluding diaryl/α,β-unsaturated/α-hetero) is 7. The lowest BCUT2D eigenvalue weighted by Gasteiger charge is -2.26. The molecule has 7 amide bonds. The van der Waals surface area contributed by atoms with Gasteiger partial charge in [0.1, 0.15) is 47.2 Å². The number of halogens is 3. The third-order valence-electron chi connectivity index (χ3n) is 26.9. The number of rotatable bonds is 17. The zero-order chi connectivity index (χ0) is 104. The van der Waals surface area contributed by atoms with Gasteiger partial charge >= 0.3 is 0 Å². The molecule has 0 radical (unpaired) electrons. The van der Waals surface area contributed by atoms with Gasteiger partial charge in [0.25, 0.3) is 5.92 Å². The van der Waals surface area contributed by atoms with Gasteiger partial charge in [-0.05, 0) is 229 Å². The van der Waals surface area contributed by atoms with E-state index in [4.69, 9.17) is 36.2 Å². The van der Waals surface area contributed by atoms with Crippen LogP contribution in [0.5, 0.6) is 0 Å². The van der Waals surface area contributed by atoms with Gasteiger partial charge in [-0.1, -0.05) is 46.5 Å². The number of alkyl halides is 3. The van der Waals surface area contributed by atoms with Crippen molar-refractivity contribution in [3.8, 4) is 67.6 Å². The zero-order valence-electron chi connectivity index (χ0n) is 79.1. The normalized spacial score (nSPS) is 21.9. The van der Waals surface area contributed by atoms with Crippen LogP contribution in [0.25, 0.3) is 39.0 Å². The summed E-state index contributed by atoms with van der Waals surface area (Å²) in [5.74, 6) is 4.99. The molecule has 1 unspecified atom stereocenters. The standard InChI is InChI=1S/C16H16N4O2.C16H15N3O2.C15H13FN4O2.C15H14N4O2.C15H13N3O2.C14H9F2N3O2.C14H11N3O2/c1-8(2)9-3-10(9)11-4-13(19-20-14(11)6-17)12-7-18-16(22)5-15(12)21;1-2-13-11(10-5-3-4-6-10)7-14(19-18-13)12-9-17-16(21)8-15(12)20;1-7(16)8-2-9(8)10-3-12(19-20-13(10)5-17)11-6-18-15(22)4-14(11)21;1-2-8-3-9(8)10-4-12(18-19-13(10)6-16)11-7-17-15(21)5-14(11)20;1-2-12-10(9-4-3-5-9)6-13(18-17-12)11-8-16-15(20)7-14(11)19;1-2-10-7(9-5-14(9,15)16)3-11(19-18-10)8-6-17-13(21)4-12(8)20;1-2-11-9(8-3-4-8)5-12(17-16-11)10-7-15-14(19)6-13(10)18/h4,7-10H,3,5H2,1-2H3,(H,18,22);1,7,9-10H,3-6,8H2,(H,17,21);3,6-9H,2,4H2,1H3,(H,18,22);4,7-9H,2-3,5H2,1H3,(H,17,21);1,6,8-9H,3-5,7H2,(H,16,20);1,3,6,9H,4-5H2,(H,17,21);1,5,7-8H,3-4,6H2,(H,15,19)/t9-,10+;;7?,8-,9+;8-,9-;;9-;/m1.10.0./s1. The Morgan fingerprint density at radius 2 is 0.562 bits per heavy atom. The highest BCUT2D eigenvalue weighted by Crippen LogP contribution is 2.57. The molecule has 7 aliphatic heterocycles. The summed E-state index contributed by atoms with van der Waals surface area (Å²) in [5, 5.41) is 100. The minimum absolute atomic E-state index is 0.0498. The van der Waals surface area contributed by atoms with Crippen molar-refractivity contribution in [1.82, 2.24) is 109 Å². The SMILES string of the molecule is C#Cc1nnc(C2=CNC(=O)CC2=O)cc1C1CC1.C#Cc1nnc(C2=CNC(=O)CC2=O)cc1C1CCC1.C#Cc1nnc(C2=CNC(=O)CC2=O)cc1C1CCCC1.C#Cc1nnc(C2=CNC(=O)CC2=O)cc1[C@@H]1CC1(F)F.CC(C)[C@H]1C[C@@H]1c1cc(C2=CNC(=O)CC2=O)nnc1C#N.CC(F)[C@H]1C[C@@H]1c1cc(C2=CNC(=O)CC2=O)nnc1C#N.CC[C@H]1C[C@@H]1c1cc(C2=CNC(=O)CC2=O)nnc1C#N. The summed E-state index contributed by atoms with van der Waals surface area (Å²) in [6, 6.07) is 18.1. The van der Waals surface area contributed by atoms with Crippen LogP contribution < -0.4 is 37.2 Å². The first kappa shape index (κ1) is 103. The topological polar surface area (TPSA) is 575 Å². The molecule has 0 spiro atoms. The fraction of sp³-hybridized carbons (Fsp3) is 0.362. The molecule has 41 heteroatoms. The lowest BCUT2D eigenvalue weighted by molar-refractivity contribution is -0.127. The maximum absolute atomic E-state index is 13.4. The molecule has 736 valence electrons. The number of nitrogens with zero attached hydrogens (tertiary/aromatic N) is 17. The second kappa shape index (κ2) is 44.6. The third kappa shape index (κ3) is 24.0. The van der Waals surface area contributed by atoms with Crippen LogP contribution in [0.1, 0.15) is 323 Å². The number of carbonyl (C=O) groups is 14. The van der Waals surface area contributed by atoms with E-state index < -0.39 is 29.7 Å². The molecule has 7 aliphatic carbocycles. The second-order valence-corrected chi connectivity index (χ2v) is 37.1. The Hall–Kier alpha value is -17.8. The average molecular weight is 1970 g/mol. The van der Waals surface area contributed by atoms with Gasteiger partial charge in [-0.3, -0.25) is 67.1 Å². The summed E-state index contributed by atoms with van der Waals surface area (Å²) in [6.45, 7) is 7.94. The third-order valence-corrected chi connectivity index (χ3v) is 26.9. The molecule has 0 aromatic carbocycles. The Kier molecular flexibility index (Phi) is 31.3. The molecule has 7 N–H and O–H groups in total. The summed E-state index contributed by atoms with van der Waals surface area (Å²) in [4.78, 5) is 161. The van der Waals surface area contributed by atoms with Gasteiger partial charge in [-0.25, -0.2) is 13.2 Å². The predicted molar refractivity (Wildman–Crippen MR) is 511 cm³/mol. The first-order valence-corrected chi connectivity index (χ1v) is 47.1. The van der Waals surface area contributed by atoms with Crippen LogP contribution in [-0.4, -0.2) is 165 Å². The molecule has 0 bridgehead atoms. The van der Waals surface area contributed by atoms with Crippen LogP contribution in [0.2, 0.25) is 0 Å². The number of hydrogen-bond donors (Lipinski definition) is 7. The van der Waals surface area contributed by atoms with Crippen LogP contribution in [0.3, 0.4) is 0 Å². The molecule has 7 fully saturated rings. The Morgan fingerprint density at radius 1 is 0.329 bits per heavy atom. The minimum Gasteiger partial charge on any atom is -0.331 e. The van der Waals surface area contributed by atoms with E-state index in [-0.39, 0.29) is 167 Å². The van der Waals surface area contributed by atoms with E-state index in [9.17, 15) is 85.6 Å². The molecular formula is C105H91F3N24O14. The highest BCUT2D eigenvalue weighted by atomic mass is 19.3. The number of amides is 7. The van der Waals surface area contributed by atoms with Gasteiger partial charge in [0, 0.05) is 49.8 Å². The molecule has 8 atom stereocenters. The van der Waals surface area contributed by atoms with Gasteiger partial charge in [-0.2, -0.15) is 15.8 Å². The quantitative estimate of drug-likeness (QED) is 0.0331. The van der Waals surface area contributed by atoms with Crippen molar-refractivity contribution < 1.29 is 80.3 Å². The number of aromatic nitrogens is 14. The number of terminal acetylenes is 4. The first-order chi connectivity index (χ1) is 70.1. The van der Waals surface area contributed by atoms with Crippen molar-refractivity contribution in [2.45, 2.75) is 216 Å². The smallest absolute Gasteiger partial charge is 0.256 e. The number of ketones is 7. The van der Waals surface area contributed by atoms with E-state index in [1.807, 2.05) is 24.3 Å². The monoisotopic (exact) mass is 1970 g/mol. The first-order valence-electron chi connectivity index (χ1n) is 47.1.